The first kappa shape index (κ1) is 8.50. The number of aromatic nitrogens is 2. The van der Waals surface area contributed by atoms with Crippen LogP contribution in [-0.4, -0.2) is 10.2 Å². The highest BCUT2D eigenvalue weighted by atomic mass is 35.5. The van der Waals surface area contributed by atoms with Crippen LogP contribution in [0.2, 0.25) is 0 Å². The average Bonchev–Trinajstić information content (AvgIpc) is 2.12. The Morgan fingerprint density at radius 3 is 2.44 bits per heavy atom. The van der Waals surface area contributed by atoms with Crippen LogP contribution in [0.15, 0.2) is 12.3 Å². The zero-order chi connectivity index (χ0) is 5.98. The summed E-state index contributed by atoms with van der Waals surface area (Å²) in [7, 11) is 0. The molecule has 0 aliphatic rings. The van der Waals surface area contributed by atoms with Crippen LogP contribution < -0.4 is 0 Å². The quantitative estimate of drug-likeness (QED) is 0.645. The highest BCUT2D eigenvalue weighted by Gasteiger charge is 1.95. The monoisotopic (exact) mass is 146 g/mol. The van der Waals surface area contributed by atoms with Crippen LogP contribution in [0.3, 0.4) is 0 Å². The molecular formula is C6H11ClN2. The molecular weight excluding hydrogens is 136 g/mol. The van der Waals surface area contributed by atoms with Crippen molar-refractivity contribution >= 4 is 12.4 Å². The Balaban J connectivity index is 0.000000640. The second-order valence-electron chi connectivity index (χ2n) is 2.17. The fourth-order valence-electron chi connectivity index (χ4n) is 0.588. The normalized spacial score (nSPS) is 9.22. The molecule has 0 spiro atoms. The highest BCUT2D eigenvalue weighted by Crippen LogP contribution is 2.07. The van der Waals surface area contributed by atoms with E-state index in [0.29, 0.717) is 5.92 Å². The molecule has 0 atom stereocenters. The van der Waals surface area contributed by atoms with E-state index in [4.69, 9.17) is 0 Å². The smallest absolute Gasteiger partial charge is 0.0490 e. The van der Waals surface area contributed by atoms with Gasteiger partial charge in [0, 0.05) is 11.9 Å². The summed E-state index contributed by atoms with van der Waals surface area (Å²) in [6.45, 7) is 4.26. The summed E-state index contributed by atoms with van der Waals surface area (Å²) < 4.78 is 0. The third-order valence-electron chi connectivity index (χ3n) is 1.14. The summed E-state index contributed by atoms with van der Waals surface area (Å²) in [5, 5.41) is 6.70. The molecule has 0 aliphatic heterocycles. The summed E-state index contributed by atoms with van der Waals surface area (Å²) in [6.07, 6.45) is 1.77. The fourth-order valence-corrected chi connectivity index (χ4v) is 0.588. The first-order valence-electron chi connectivity index (χ1n) is 2.80. The van der Waals surface area contributed by atoms with Gasteiger partial charge in [-0.15, -0.1) is 12.4 Å². The lowest BCUT2D eigenvalue weighted by atomic mass is 10.1. The van der Waals surface area contributed by atoms with E-state index < -0.39 is 0 Å². The summed E-state index contributed by atoms with van der Waals surface area (Å²) >= 11 is 0. The molecule has 1 heterocycles. The molecule has 0 amide bonds. The zero-order valence-corrected chi connectivity index (χ0v) is 6.40. The largest absolute Gasteiger partial charge is 0.282 e. The summed E-state index contributed by atoms with van der Waals surface area (Å²) in [4.78, 5) is 0. The first-order chi connectivity index (χ1) is 3.80. The van der Waals surface area contributed by atoms with Gasteiger partial charge in [-0.1, -0.05) is 13.8 Å². The molecule has 0 fully saturated rings. The second kappa shape index (κ2) is 3.51. The van der Waals surface area contributed by atoms with Gasteiger partial charge in [0.1, 0.15) is 0 Å². The van der Waals surface area contributed by atoms with Gasteiger partial charge >= 0.3 is 0 Å². The number of rotatable bonds is 1. The highest BCUT2D eigenvalue weighted by molar-refractivity contribution is 5.85. The molecule has 0 radical (unpaired) electrons. The minimum Gasteiger partial charge on any atom is -0.282 e. The first-order valence-corrected chi connectivity index (χ1v) is 2.80. The SMILES string of the molecule is CC(C)c1ccn[nH]1.Cl. The minimum absolute atomic E-state index is 0. The van der Waals surface area contributed by atoms with Gasteiger partial charge in [-0.2, -0.15) is 5.10 Å². The number of H-pyrrole nitrogens is 1. The summed E-state index contributed by atoms with van der Waals surface area (Å²) in [5.41, 5.74) is 1.20. The number of hydrogen-bond donors (Lipinski definition) is 1. The Kier molecular flexibility index (Phi) is 3.32. The van der Waals surface area contributed by atoms with Crippen LogP contribution >= 0.6 is 12.4 Å². The van der Waals surface area contributed by atoms with Gasteiger partial charge in [0.15, 0.2) is 0 Å². The maximum atomic E-state index is 3.82. The molecule has 1 aromatic rings. The van der Waals surface area contributed by atoms with Gasteiger partial charge in [-0.25, -0.2) is 0 Å². The molecule has 1 rings (SSSR count). The lowest BCUT2D eigenvalue weighted by molar-refractivity contribution is 0.810. The van der Waals surface area contributed by atoms with Crippen LogP contribution in [0.4, 0.5) is 0 Å². The van der Waals surface area contributed by atoms with E-state index in [1.54, 1.807) is 6.20 Å². The molecule has 0 aromatic carbocycles. The molecule has 2 nitrogen and oxygen atoms in total. The minimum atomic E-state index is 0. The van der Waals surface area contributed by atoms with Crippen molar-refractivity contribution in [1.82, 2.24) is 10.2 Å². The van der Waals surface area contributed by atoms with Crippen LogP contribution in [0.5, 0.6) is 0 Å². The van der Waals surface area contributed by atoms with Crippen molar-refractivity contribution in [3.8, 4) is 0 Å². The molecule has 0 unspecified atom stereocenters. The molecule has 3 heteroatoms. The van der Waals surface area contributed by atoms with Crippen molar-refractivity contribution in [3.63, 3.8) is 0 Å². The Morgan fingerprint density at radius 2 is 2.22 bits per heavy atom. The number of halogens is 1. The van der Waals surface area contributed by atoms with E-state index in [2.05, 4.69) is 24.0 Å². The van der Waals surface area contributed by atoms with E-state index in [1.165, 1.54) is 5.69 Å². The Bertz CT molecular complexity index is 146. The average molecular weight is 147 g/mol. The van der Waals surface area contributed by atoms with Gasteiger partial charge in [0.25, 0.3) is 0 Å². The lowest BCUT2D eigenvalue weighted by Crippen LogP contribution is -1.85. The van der Waals surface area contributed by atoms with Gasteiger partial charge in [0.2, 0.25) is 0 Å². The molecule has 1 aromatic heterocycles. The molecule has 9 heavy (non-hydrogen) atoms. The number of nitrogens with one attached hydrogen (secondary N) is 1. The Hall–Kier alpha value is -0.500. The molecule has 0 aliphatic carbocycles. The van der Waals surface area contributed by atoms with Crippen molar-refractivity contribution in [1.29, 1.82) is 0 Å². The van der Waals surface area contributed by atoms with Crippen molar-refractivity contribution in [3.05, 3.63) is 18.0 Å². The van der Waals surface area contributed by atoms with Crippen molar-refractivity contribution in [2.24, 2.45) is 0 Å². The van der Waals surface area contributed by atoms with Crippen LogP contribution in [0, 0.1) is 0 Å². The fraction of sp³-hybridized carbons (Fsp3) is 0.500. The topological polar surface area (TPSA) is 28.7 Å². The maximum Gasteiger partial charge on any atom is 0.0490 e. The van der Waals surface area contributed by atoms with Gasteiger partial charge in [0.05, 0.1) is 0 Å². The molecule has 1 N–H and O–H groups in total. The molecule has 52 valence electrons. The van der Waals surface area contributed by atoms with Gasteiger partial charge < -0.3 is 0 Å². The third-order valence-corrected chi connectivity index (χ3v) is 1.14. The Labute approximate surface area is 61.1 Å². The van der Waals surface area contributed by atoms with Crippen molar-refractivity contribution in [2.45, 2.75) is 19.8 Å². The van der Waals surface area contributed by atoms with Gasteiger partial charge in [-0.05, 0) is 12.0 Å². The Morgan fingerprint density at radius 1 is 1.56 bits per heavy atom. The third kappa shape index (κ3) is 2.06. The van der Waals surface area contributed by atoms with E-state index in [-0.39, 0.29) is 12.4 Å². The predicted octanol–water partition coefficient (Wildman–Crippen LogP) is 1.95. The van der Waals surface area contributed by atoms with Gasteiger partial charge in [-0.3, -0.25) is 5.10 Å². The van der Waals surface area contributed by atoms with Crippen LogP contribution in [0.1, 0.15) is 25.5 Å². The van der Waals surface area contributed by atoms with Crippen molar-refractivity contribution < 1.29 is 0 Å². The summed E-state index contributed by atoms with van der Waals surface area (Å²) in [6, 6.07) is 1.99. The van der Waals surface area contributed by atoms with Crippen LogP contribution in [-0.2, 0) is 0 Å². The standard InChI is InChI=1S/C6H10N2.ClH/c1-5(2)6-3-4-7-8-6;/h3-5H,1-2H3,(H,7,8);1H. The molecule has 0 saturated heterocycles. The lowest BCUT2D eigenvalue weighted by Gasteiger charge is -1.95. The number of hydrogen-bond acceptors (Lipinski definition) is 1. The predicted molar refractivity (Wildman–Crippen MR) is 39.9 cm³/mol. The number of aromatic amines is 1. The van der Waals surface area contributed by atoms with E-state index in [9.17, 15) is 0 Å². The molecule has 0 bridgehead atoms. The summed E-state index contributed by atoms with van der Waals surface area (Å²) in [5.74, 6) is 0.567. The van der Waals surface area contributed by atoms with E-state index in [1.807, 2.05) is 6.07 Å². The maximum absolute atomic E-state index is 3.82. The zero-order valence-electron chi connectivity index (χ0n) is 5.59. The molecule has 0 saturated carbocycles. The second-order valence-corrected chi connectivity index (χ2v) is 2.17. The van der Waals surface area contributed by atoms with Crippen molar-refractivity contribution in [2.75, 3.05) is 0 Å². The van der Waals surface area contributed by atoms with E-state index in [0.717, 1.165) is 0 Å². The number of nitrogens with zero attached hydrogens (tertiary/aromatic N) is 1. The van der Waals surface area contributed by atoms with Crippen LogP contribution in [0.25, 0.3) is 0 Å². The van der Waals surface area contributed by atoms with E-state index >= 15 is 0 Å².